The molecular weight excluding hydrogens is 172 g/mol. The van der Waals surface area contributed by atoms with Crippen LogP contribution in [0.15, 0.2) is 12.2 Å². The standard InChI is InChI=1S/C12H24Si/c1-10(2)12(3)8-7-11(9-12)13(4,5)6/h11H,1,7-9H2,2-6H3/t11-,12-/m0/s1. The summed E-state index contributed by atoms with van der Waals surface area (Å²) in [5, 5.41) is 0. The van der Waals surface area contributed by atoms with Crippen molar-refractivity contribution in [2.75, 3.05) is 0 Å². The summed E-state index contributed by atoms with van der Waals surface area (Å²) in [5.41, 5.74) is 2.88. The molecule has 1 heteroatoms. The molecule has 76 valence electrons. The van der Waals surface area contributed by atoms with Gasteiger partial charge < -0.3 is 0 Å². The summed E-state index contributed by atoms with van der Waals surface area (Å²) in [6.45, 7) is 16.2. The lowest BCUT2D eigenvalue weighted by molar-refractivity contribution is 0.415. The van der Waals surface area contributed by atoms with Gasteiger partial charge in [-0.25, -0.2) is 0 Å². The van der Waals surface area contributed by atoms with Gasteiger partial charge in [-0.1, -0.05) is 45.1 Å². The zero-order chi connectivity index (χ0) is 10.3. The molecule has 0 aliphatic heterocycles. The summed E-state index contributed by atoms with van der Waals surface area (Å²) in [5.74, 6) is 0. The topological polar surface area (TPSA) is 0 Å². The molecule has 1 aliphatic carbocycles. The van der Waals surface area contributed by atoms with Crippen molar-refractivity contribution in [3.8, 4) is 0 Å². The van der Waals surface area contributed by atoms with Gasteiger partial charge in [0.2, 0.25) is 0 Å². The Morgan fingerprint density at radius 3 is 2.15 bits per heavy atom. The molecule has 0 saturated heterocycles. The van der Waals surface area contributed by atoms with Crippen molar-refractivity contribution < 1.29 is 0 Å². The van der Waals surface area contributed by atoms with E-state index in [1.54, 1.807) is 0 Å². The second-order valence-electron chi connectivity index (χ2n) is 6.15. The maximum absolute atomic E-state index is 4.14. The van der Waals surface area contributed by atoms with Crippen molar-refractivity contribution >= 4 is 8.07 Å². The van der Waals surface area contributed by atoms with E-state index in [1.807, 2.05) is 0 Å². The molecule has 0 nitrogen and oxygen atoms in total. The molecule has 0 amide bonds. The third kappa shape index (κ3) is 2.25. The zero-order valence-corrected chi connectivity index (χ0v) is 10.9. The largest absolute Gasteiger partial charge is 0.0996 e. The minimum absolute atomic E-state index is 0.463. The van der Waals surface area contributed by atoms with E-state index >= 15 is 0 Å². The second kappa shape index (κ2) is 3.27. The van der Waals surface area contributed by atoms with Crippen molar-refractivity contribution in [1.29, 1.82) is 0 Å². The smallest absolute Gasteiger partial charge is 0.0474 e. The minimum atomic E-state index is -0.900. The molecule has 0 heterocycles. The van der Waals surface area contributed by atoms with Gasteiger partial charge in [-0.15, -0.1) is 0 Å². The first-order valence-electron chi connectivity index (χ1n) is 5.42. The molecule has 0 unspecified atom stereocenters. The Morgan fingerprint density at radius 1 is 1.38 bits per heavy atom. The first kappa shape index (κ1) is 11.0. The minimum Gasteiger partial charge on any atom is -0.0996 e. The Balaban J connectivity index is 2.69. The van der Waals surface area contributed by atoms with Crippen molar-refractivity contribution in [3.63, 3.8) is 0 Å². The summed E-state index contributed by atoms with van der Waals surface area (Å²) in [7, 11) is -0.900. The monoisotopic (exact) mass is 196 g/mol. The van der Waals surface area contributed by atoms with Gasteiger partial charge in [0, 0.05) is 8.07 Å². The molecule has 1 rings (SSSR count). The third-order valence-electron chi connectivity index (χ3n) is 4.00. The summed E-state index contributed by atoms with van der Waals surface area (Å²) in [6.07, 6.45) is 4.22. The van der Waals surface area contributed by atoms with Gasteiger partial charge in [-0.3, -0.25) is 0 Å². The predicted octanol–water partition coefficient (Wildman–Crippen LogP) is 4.46. The van der Waals surface area contributed by atoms with E-state index in [-0.39, 0.29) is 0 Å². The van der Waals surface area contributed by atoms with Gasteiger partial charge in [0.25, 0.3) is 0 Å². The van der Waals surface area contributed by atoms with Gasteiger partial charge in [-0.2, -0.15) is 0 Å². The van der Waals surface area contributed by atoms with Crippen molar-refractivity contribution in [1.82, 2.24) is 0 Å². The average molecular weight is 196 g/mol. The first-order valence-corrected chi connectivity index (χ1v) is 8.99. The molecule has 2 atom stereocenters. The van der Waals surface area contributed by atoms with Crippen LogP contribution in [0.1, 0.15) is 33.1 Å². The Kier molecular flexibility index (Phi) is 2.77. The quantitative estimate of drug-likeness (QED) is 0.452. The molecule has 0 bridgehead atoms. The third-order valence-corrected chi connectivity index (χ3v) is 6.94. The van der Waals surface area contributed by atoms with Crippen LogP contribution in [0.4, 0.5) is 0 Å². The molecule has 0 N–H and O–H groups in total. The number of allylic oxidation sites excluding steroid dienone is 1. The number of hydrogen-bond donors (Lipinski definition) is 0. The van der Waals surface area contributed by atoms with Crippen molar-refractivity contribution in [2.24, 2.45) is 5.41 Å². The van der Waals surface area contributed by atoms with Gasteiger partial charge in [-0.05, 0) is 30.7 Å². The average Bonchev–Trinajstić information content (AvgIpc) is 2.31. The summed E-state index contributed by atoms with van der Waals surface area (Å²) >= 11 is 0. The highest BCUT2D eigenvalue weighted by Gasteiger charge is 2.40. The normalized spacial score (nSPS) is 35.0. The Labute approximate surface area is 84.4 Å². The van der Waals surface area contributed by atoms with Crippen molar-refractivity contribution in [3.05, 3.63) is 12.2 Å². The molecular formula is C12H24Si. The molecule has 0 aromatic rings. The van der Waals surface area contributed by atoms with Gasteiger partial charge >= 0.3 is 0 Å². The second-order valence-corrected chi connectivity index (χ2v) is 11.7. The molecule has 0 spiro atoms. The van der Waals surface area contributed by atoms with E-state index in [0.29, 0.717) is 5.41 Å². The van der Waals surface area contributed by atoms with Crippen molar-refractivity contribution in [2.45, 2.75) is 58.3 Å². The van der Waals surface area contributed by atoms with E-state index in [2.05, 4.69) is 40.1 Å². The van der Waals surface area contributed by atoms with E-state index in [0.717, 1.165) is 5.54 Å². The Hall–Kier alpha value is -0.0431. The SMILES string of the molecule is C=C(C)[C@@]1(C)CC[C@H]([Si](C)(C)C)C1. The van der Waals surface area contributed by atoms with E-state index in [4.69, 9.17) is 0 Å². The van der Waals surface area contributed by atoms with Gasteiger partial charge in [0.05, 0.1) is 0 Å². The number of rotatable bonds is 2. The highest BCUT2D eigenvalue weighted by Crippen LogP contribution is 2.52. The van der Waals surface area contributed by atoms with Crippen LogP contribution >= 0.6 is 0 Å². The maximum Gasteiger partial charge on any atom is 0.0474 e. The number of hydrogen-bond acceptors (Lipinski definition) is 0. The Bertz CT molecular complexity index is 212. The van der Waals surface area contributed by atoms with Crippen LogP contribution in [0, 0.1) is 5.41 Å². The molecule has 1 saturated carbocycles. The molecule has 0 aromatic carbocycles. The lowest BCUT2D eigenvalue weighted by atomic mass is 9.82. The van der Waals surface area contributed by atoms with Crippen LogP contribution in [0.25, 0.3) is 0 Å². The summed E-state index contributed by atoms with van der Waals surface area (Å²) in [6, 6.07) is 0. The van der Waals surface area contributed by atoms with Crippen LogP contribution in [-0.4, -0.2) is 8.07 Å². The molecule has 13 heavy (non-hydrogen) atoms. The van der Waals surface area contributed by atoms with E-state index < -0.39 is 8.07 Å². The summed E-state index contributed by atoms with van der Waals surface area (Å²) in [4.78, 5) is 0. The van der Waals surface area contributed by atoms with Gasteiger partial charge in [0.15, 0.2) is 0 Å². The first-order chi connectivity index (χ1) is 5.76. The van der Waals surface area contributed by atoms with Crippen LogP contribution < -0.4 is 0 Å². The fourth-order valence-corrected chi connectivity index (χ4v) is 4.44. The van der Waals surface area contributed by atoms with Gasteiger partial charge in [0.1, 0.15) is 0 Å². The fraction of sp³-hybridized carbons (Fsp3) is 0.833. The van der Waals surface area contributed by atoms with E-state index in [1.165, 1.54) is 24.8 Å². The molecule has 0 radical (unpaired) electrons. The van der Waals surface area contributed by atoms with Crippen LogP contribution in [-0.2, 0) is 0 Å². The molecule has 0 aromatic heterocycles. The highest BCUT2D eigenvalue weighted by molar-refractivity contribution is 6.77. The maximum atomic E-state index is 4.14. The predicted molar refractivity (Wildman–Crippen MR) is 63.9 cm³/mol. The fourth-order valence-electron chi connectivity index (χ4n) is 2.37. The summed E-state index contributed by atoms with van der Waals surface area (Å²) < 4.78 is 0. The van der Waals surface area contributed by atoms with E-state index in [9.17, 15) is 0 Å². The molecule has 1 fully saturated rings. The highest BCUT2D eigenvalue weighted by atomic mass is 28.3. The van der Waals surface area contributed by atoms with Crippen LogP contribution in [0.3, 0.4) is 0 Å². The molecule has 1 aliphatic rings. The lowest BCUT2D eigenvalue weighted by Crippen LogP contribution is -2.27. The Morgan fingerprint density at radius 2 is 1.92 bits per heavy atom. The zero-order valence-electron chi connectivity index (χ0n) is 9.91. The van der Waals surface area contributed by atoms with Crippen LogP contribution in [0.5, 0.6) is 0 Å². The van der Waals surface area contributed by atoms with Crippen LogP contribution in [0.2, 0.25) is 25.2 Å². The lowest BCUT2D eigenvalue weighted by Gasteiger charge is -2.29.